The number of pyridine rings is 1. The van der Waals surface area contributed by atoms with Crippen molar-refractivity contribution in [1.29, 1.82) is 0 Å². The van der Waals surface area contributed by atoms with Crippen LogP contribution in [0.5, 0.6) is 0 Å². The lowest BCUT2D eigenvalue weighted by molar-refractivity contribution is -0.137. The molecule has 2 aromatic rings. The third-order valence-electron chi connectivity index (χ3n) is 7.58. The van der Waals surface area contributed by atoms with Gasteiger partial charge in [0.2, 0.25) is 5.91 Å². The molecule has 3 aliphatic rings. The van der Waals surface area contributed by atoms with Gasteiger partial charge in [-0.05, 0) is 55.5 Å². The number of nitrogens with one attached hydrogen (secondary N) is 1. The number of morpholine rings is 1. The lowest BCUT2D eigenvalue weighted by Gasteiger charge is -2.46. The van der Waals surface area contributed by atoms with Gasteiger partial charge in [0.05, 0.1) is 18.8 Å². The van der Waals surface area contributed by atoms with Crippen LogP contribution in [0.2, 0.25) is 0 Å². The third kappa shape index (κ3) is 5.16. The summed E-state index contributed by atoms with van der Waals surface area (Å²) in [6, 6.07) is 10.1. The molecule has 1 N–H and O–H groups in total. The number of hydrogen-bond acceptors (Lipinski definition) is 5. The van der Waals surface area contributed by atoms with E-state index in [4.69, 9.17) is 4.74 Å². The molecule has 188 valence electrons. The Kier molecular flexibility index (Phi) is 6.72. The van der Waals surface area contributed by atoms with Gasteiger partial charge < -0.3 is 15.0 Å². The van der Waals surface area contributed by atoms with E-state index in [-0.39, 0.29) is 17.1 Å². The first-order chi connectivity index (χ1) is 16.8. The van der Waals surface area contributed by atoms with Crippen LogP contribution in [0, 0.1) is 0 Å². The molecule has 6 nitrogen and oxygen atoms in total. The number of amides is 1. The van der Waals surface area contributed by atoms with Gasteiger partial charge in [-0.25, -0.2) is 4.98 Å². The van der Waals surface area contributed by atoms with E-state index in [2.05, 4.69) is 27.3 Å². The van der Waals surface area contributed by atoms with E-state index in [1.165, 1.54) is 30.9 Å². The van der Waals surface area contributed by atoms with Crippen LogP contribution in [0.15, 0.2) is 42.6 Å². The standard InChI is InChI=1S/C26H31F3N4O2/c27-26(28,29)20-6-9-23(30-17-20)31-22-3-1-12-33(24(22)34)21-7-4-19(5-8-21)25(10-2-11-25)18-32-13-15-35-16-14-32/h4-9,17,22H,1-3,10-16,18H2,(H,30,31). The number of rotatable bonds is 6. The summed E-state index contributed by atoms with van der Waals surface area (Å²) < 4.78 is 43.9. The number of aromatic nitrogens is 1. The zero-order valence-corrected chi connectivity index (χ0v) is 19.7. The van der Waals surface area contributed by atoms with Gasteiger partial charge in [-0.2, -0.15) is 13.2 Å². The Morgan fingerprint density at radius 1 is 1.03 bits per heavy atom. The monoisotopic (exact) mass is 488 g/mol. The van der Waals surface area contributed by atoms with Crippen LogP contribution in [0.3, 0.4) is 0 Å². The van der Waals surface area contributed by atoms with Gasteiger partial charge in [0, 0.05) is 43.5 Å². The van der Waals surface area contributed by atoms with E-state index < -0.39 is 17.8 Å². The van der Waals surface area contributed by atoms with Crippen molar-refractivity contribution in [3.8, 4) is 0 Å². The highest BCUT2D eigenvalue weighted by Gasteiger charge is 2.40. The Balaban J connectivity index is 1.25. The fourth-order valence-corrected chi connectivity index (χ4v) is 5.41. The first-order valence-electron chi connectivity index (χ1n) is 12.4. The summed E-state index contributed by atoms with van der Waals surface area (Å²) >= 11 is 0. The van der Waals surface area contributed by atoms with Crippen molar-refractivity contribution in [3.63, 3.8) is 0 Å². The van der Waals surface area contributed by atoms with Crippen molar-refractivity contribution < 1.29 is 22.7 Å². The highest BCUT2D eigenvalue weighted by atomic mass is 19.4. The van der Waals surface area contributed by atoms with Gasteiger partial charge in [-0.15, -0.1) is 0 Å². The molecule has 0 spiro atoms. The van der Waals surface area contributed by atoms with Crippen molar-refractivity contribution in [3.05, 3.63) is 53.7 Å². The highest BCUT2D eigenvalue weighted by molar-refractivity contribution is 5.99. The quantitative estimate of drug-likeness (QED) is 0.651. The van der Waals surface area contributed by atoms with Crippen LogP contribution in [-0.4, -0.2) is 61.2 Å². The maximum absolute atomic E-state index is 13.2. The minimum absolute atomic E-state index is 0.0858. The number of alkyl halides is 3. The lowest BCUT2D eigenvalue weighted by Crippen LogP contribution is -2.49. The minimum Gasteiger partial charge on any atom is -0.379 e. The number of carbonyl (C=O) groups excluding carboxylic acids is 1. The normalized spacial score (nSPS) is 23.1. The molecule has 1 aliphatic carbocycles. The number of hydrogen-bond donors (Lipinski definition) is 1. The summed E-state index contributed by atoms with van der Waals surface area (Å²) in [5.41, 5.74) is 1.55. The SMILES string of the molecule is O=C1C(Nc2ccc(C(F)(F)F)cn2)CCCN1c1ccc(C2(CN3CCOCC3)CCC2)cc1. The van der Waals surface area contributed by atoms with Crippen LogP contribution < -0.4 is 10.2 Å². The molecule has 5 rings (SSSR count). The first-order valence-corrected chi connectivity index (χ1v) is 12.4. The van der Waals surface area contributed by atoms with Crippen LogP contribution in [0.1, 0.15) is 43.2 Å². The maximum Gasteiger partial charge on any atom is 0.417 e. The van der Waals surface area contributed by atoms with E-state index in [1.807, 2.05) is 12.1 Å². The molecule has 1 saturated carbocycles. The number of halogens is 3. The fourth-order valence-electron chi connectivity index (χ4n) is 5.41. The van der Waals surface area contributed by atoms with Crippen molar-refractivity contribution in [2.24, 2.45) is 0 Å². The van der Waals surface area contributed by atoms with E-state index in [1.54, 1.807) is 4.90 Å². The molecule has 1 unspecified atom stereocenters. The number of nitrogens with zero attached hydrogens (tertiary/aromatic N) is 3. The molecule has 1 amide bonds. The molecule has 3 heterocycles. The number of piperidine rings is 1. The molecule has 0 radical (unpaired) electrons. The topological polar surface area (TPSA) is 57.7 Å². The summed E-state index contributed by atoms with van der Waals surface area (Å²) in [5.74, 6) is 0.181. The van der Waals surface area contributed by atoms with Crippen molar-refractivity contribution in [2.45, 2.75) is 49.7 Å². The van der Waals surface area contributed by atoms with Crippen LogP contribution in [0.25, 0.3) is 0 Å². The number of carbonyl (C=O) groups is 1. The maximum atomic E-state index is 13.2. The van der Waals surface area contributed by atoms with Crippen LogP contribution >= 0.6 is 0 Å². The Morgan fingerprint density at radius 2 is 1.77 bits per heavy atom. The van der Waals surface area contributed by atoms with Gasteiger partial charge in [-0.1, -0.05) is 18.6 Å². The van der Waals surface area contributed by atoms with E-state index in [0.29, 0.717) is 13.0 Å². The molecular formula is C26H31F3N4O2. The van der Waals surface area contributed by atoms with E-state index in [0.717, 1.165) is 57.2 Å². The second-order valence-corrected chi connectivity index (χ2v) is 9.83. The minimum atomic E-state index is -4.44. The second-order valence-electron chi connectivity index (χ2n) is 9.83. The largest absolute Gasteiger partial charge is 0.417 e. The van der Waals surface area contributed by atoms with Crippen LogP contribution in [-0.2, 0) is 21.1 Å². The second kappa shape index (κ2) is 9.78. The van der Waals surface area contributed by atoms with Gasteiger partial charge >= 0.3 is 6.18 Å². The predicted octanol–water partition coefficient (Wildman–Crippen LogP) is 4.46. The summed E-state index contributed by atoms with van der Waals surface area (Å²) in [6.07, 6.45) is 1.36. The highest BCUT2D eigenvalue weighted by Crippen LogP contribution is 2.45. The zero-order chi connectivity index (χ0) is 24.5. The zero-order valence-electron chi connectivity index (χ0n) is 19.7. The Morgan fingerprint density at radius 3 is 2.37 bits per heavy atom. The third-order valence-corrected chi connectivity index (χ3v) is 7.58. The molecule has 9 heteroatoms. The van der Waals surface area contributed by atoms with Crippen molar-refractivity contribution in [2.75, 3.05) is 49.6 Å². The smallest absolute Gasteiger partial charge is 0.379 e. The average Bonchev–Trinajstić information content (AvgIpc) is 2.83. The molecule has 0 bridgehead atoms. The van der Waals surface area contributed by atoms with Gasteiger partial charge in [0.1, 0.15) is 11.9 Å². The molecule has 1 aromatic heterocycles. The first kappa shape index (κ1) is 24.1. The summed E-state index contributed by atoms with van der Waals surface area (Å²) in [5, 5.41) is 3.02. The molecule has 3 fully saturated rings. The average molecular weight is 489 g/mol. The Bertz CT molecular complexity index is 1020. The van der Waals surface area contributed by atoms with Crippen molar-refractivity contribution >= 4 is 17.4 Å². The van der Waals surface area contributed by atoms with Gasteiger partial charge in [-0.3, -0.25) is 9.69 Å². The molecule has 2 saturated heterocycles. The fraction of sp³-hybridized carbons (Fsp3) is 0.538. The van der Waals surface area contributed by atoms with E-state index in [9.17, 15) is 18.0 Å². The number of ether oxygens (including phenoxy) is 1. The predicted molar refractivity (Wildman–Crippen MR) is 127 cm³/mol. The molecule has 35 heavy (non-hydrogen) atoms. The van der Waals surface area contributed by atoms with Gasteiger partial charge in [0.15, 0.2) is 0 Å². The molecule has 1 aromatic carbocycles. The Hall–Kier alpha value is -2.65. The molecular weight excluding hydrogens is 457 g/mol. The summed E-state index contributed by atoms with van der Waals surface area (Å²) in [7, 11) is 0. The molecule has 1 atom stereocenters. The van der Waals surface area contributed by atoms with E-state index >= 15 is 0 Å². The molecule has 2 aliphatic heterocycles. The summed E-state index contributed by atoms with van der Waals surface area (Å²) in [6.45, 7) is 5.21. The Labute approximate surface area is 203 Å². The number of anilines is 2. The van der Waals surface area contributed by atoms with Crippen LogP contribution in [0.4, 0.5) is 24.7 Å². The lowest BCUT2D eigenvalue weighted by atomic mass is 9.64. The van der Waals surface area contributed by atoms with Crippen molar-refractivity contribution in [1.82, 2.24) is 9.88 Å². The van der Waals surface area contributed by atoms with Gasteiger partial charge in [0.25, 0.3) is 0 Å². The number of benzene rings is 1. The summed E-state index contributed by atoms with van der Waals surface area (Å²) in [4.78, 5) is 21.3.